The van der Waals surface area contributed by atoms with Crippen LogP contribution in [0.3, 0.4) is 0 Å². The molecule has 0 amide bonds. The maximum absolute atomic E-state index is 6.26. The van der Waals surface area contributed by atoms with Gasteiger partial charge in [0.15, 0.2) is 5.75 Å². The predicted molar refractivity (Wildman–Crippen MR) is 82.1 cm³/mol. The molecule has 0 aliphatic heterocycles. The van der Waals surface area contributed by atoms with Crippen LogP contribution in [0.15, 0.2) is 12.4 Å². The van der Waals surface area contributed by atoms with Gasteiger partial charge in [-0.05, 0) is 59.4 Å². The zero-order valence-corrected chi connectivity index (χ0v) is 13.4. The summed E-state index contributed by atoms with van der Waals surface area (Å²) in [5, 5.41) is 7.90. The van der Waals surface area contributed by atoms with E-state index in [1.807, 2.05) is 17.1 Å². The molecule has 0 unspecified atom stereocenters. The van der Waals surface area contributed by atoms with Gasteiger partial charge in [-0.2, -0.15) is 5.10 Å². The summed E-state index contributed by atoms with van der Waals surface area (Å²) >= 11 is 0. The van der Waals surface area contributed by atoms with Gasteiger partial charge in [0.1, 0.15) is 5.60 Å². The summed E-state index contributed by atoms with van der Waals surface area (Å²) in [5.74, 6) is 0.925. The minimum absolute atomic E-state index is 0.0400. The molecule has 1 aliphatic carbocycles. The van der Waals surface area contributed by atoms with E-state index in [0.29, 0.717) is 0 Å². The first-order valence-corrected chi connectivity index (χ1v) is 7.89. The van der Waals surface area contributed by atoms with Crippen LogP contribution in [-0.4, -0.2) is 27.5 Å². The van der Waals surface area contributed by atoms with Crippen LogP contribution < -0.4 is 10.1 Å². The molecule has 1 aromatic heterocycles. The summed E-state index contributed by atoms with van der Waals surface area (Å²) in [6.07, 6.45) is 9.66. The average molecular weight is 279 g/mol. The zero-order valence-electron chi connectivity index (χ0n) is 13.4. The standard InChI is InChI=1S/C16H29N3O/c1-5-11-19-13-14(12-18-19)20-16(7-6-8-16)9-10-17-15(2,3)4/h12-13,17H,5-11H2,1-4H3. The molecule has 1 N–H and O–H groups in total. The number of hydrogen-bond acceptors (Lipinski definition) is 3. The van der Waals surface area contributed by atoms with Gasteiger partial charge in [0.25, 0.3) is 0 Å². The molecule has 0 radical (unpaired) electrons. The third-order valence-electron chi connectivity index (χ3n) is 3.90. The molecule has 4 nitrogen and oxygen atoms in total. The zero-order chi connectivity index (χ0) is 14.6. The molecule has 0 atom stereocenters. The van der Waals surface area contributed by atoms with Crippen LogP contribution in [-0.2, 0) is 6.54 Å². The van der Waals surface area contributed by atoms with Crippen molar-refractivity contribution in [2.75, 3.05) is 6.54 Å². The predicted octanol–water partition coefficient (Wildman–Crippen LogP) is 3.37. The fourth-order valence-corrected chi connectivity index (χ4v) is 2.64. The number of aromatic nitrogens is 2. The summed E-state index contributed by atoms with van der Waals surface area (Å²) < 4.78 is 8.22. The fourth-order valence-electron chi connectivity index (χ4n) is 2.64. The van der Waals surface area contributed by atoms with Crippen molar-refractivity contribution in [1.82, 2.24) is 15.1 Å². The summed E-state index contributed by atoms with van der Waals surface area (Å²) in [6.45, 7) is 10.7. The molecule has 0 aromatic carbocycles. The van der Waals surface area contributed by atoms with Crippen molar-refractivity contribution in [2.24, 2.45) is 0 Å². The van der Waals surface area contributed by atoms with Crippen LogP contribution in [0.1, 0.15) is 59.8 Å². The van der Waals surface area contributed by atoms with Gasteiger partial charge in [-0.15, -0.1) is 0 Å². The number of rotatable bonds is 7. The first kappa shape index (κ1) is 15.4. The molecule has 4 heteroatoms. The summed E-state index contributed by atoms with van der Waals surface area (Å²) in [6, 6.07) is 0. The molecule has 0 bridgehead atoms. The number of hydrogen-bond donors (Lipinski definition) is 1. The Hall–Kier alpha value is -1.03. The summed E-state index contributed by atoms with van der Waals surface area (Å²) in [7, 11) is 0. The second-order valence-corrected chi connectivity index (χ2v) is 7.00. The quantitative estimate of drug-likeness (QED) is 0.831. The number of aryl methyl sites for hydroxylation is 1. The third kappa shape index (κ3) is 4.23. The Kier molecular flexibility index (Phi) is 4.74. The lowest BCUT2D eigenvalue weighted by Gasteiger charge is -2.42. The molecule has 1 fully saturated rings. The van der Waals surface area contributed by atoms with Crippen molar-refractivity contribution in [1.29, 1.82) is 0 Å². The van der Waals surface area contributed by atoms with E-state index < -0.39 is 0 Å². The Labute approximate surface area is 122 Å². The second kappa shape index (κ2) is 6.17. The van der Waals surface area contributed by atoms with Gasteiger partial charge in [-0.25, -0.2) is 0 Å². The normalized spacial score (nSPS) is 17.8. The largest absolute Gasteiger partial charge is 0.484 e. The van der Waals surface area contributed by atoms with Crippen LogP contribution in [0, 0.1) is 0 Å². The van der Waals surface area contributed by atoms with Crippen molar-refractivity contribution >= 4 is 0 Å². The van der Waals surface area contributed by atoms with Gasteiger partial charge >= 0.3 is 0 Å². The molecular formula is C16H29N3O. The average Bonchev–Trinajstić information content (AvgIpc) is 2.72. The van der Waals surface area contributed by atoms with E-state index in [1.165, 1.54) is 6.42 Å². The highest BCUT2D eigenvalue weighted by atomic mass is 16.5. The Morgan fingerprint density at radius 2 is 2.15 bits per heavy atom. The molecule has 20 heavy (non-hydrogen) atoms. The molecule has 2 rings (SSSR count). The van der Waals surface area contributed by atoms with Crippen molar-refractivity contribution < 1.29 is 4.74 Å². The van der Waals surface area contributed by atoms with E-state index in [9.17, 15) is 0 Å². The minimum atomic E-state index is 0.0400. The highest BCUT2D eigenvalue weighted by molar-refractivity contribution is 5.15. The van der Waals surface area contributed by atoms with E-state index in [4.69, 9.17) is 4.74 Å². The van der Waals surface area contributed by atoms with E-state index in [0.717, 1.165) is 44.5 Å². The number of nitrogens with one attached hydrogen (secondary N) is 1. The van der Waals surface area contributed by atoms with Crippen LogP contribution in [0.25, 0.3) is 0 Å². The lowest BCUT2D eigenvalue weighted by Crippen LogP contribution is -2.47. The first-order chi connectivity index (χ1) is 9.42. The molecule has 0 spiro atoms. The molecule has 114 valence electrons. The van der Waals surface area contributed by atoms with Crippen molar-refractivity contribution in [2.45, 2.75) is 77.5 Å². The van der Waals surface area contributed by atoms with Crippen LogP contribution in [0.2, 0.25) is 0 Å². The molecule has 1 aliphatic rings. The van der Waals surface area contributed by atoms with Gasteiger partial charge < -0.3 is 10.1 Å². The number of ether oxygens (including phenoxy) is 1. The van der Waals surface area contributed by atoms with E-state index in [-0.39, 0.29) is 11.1 Å². The van der Waals surface area contributed by atoms with E-state index in [1.54, 1.807) is 0 Å². The molecule has 0 saturated heterocycles. The third-order valence-corrected chi connectivity index (χ3v) is 3.90. The Bertz CT molecular complexity index is 416. The van der Waals surface area contributed by atoms with Crippen LogP contribution in [0.4, 0.5) is 0 Å². The van der Waals surface area contributed by atoms with Gasteiger partial charge in [-0.1, -0.05) is 6.92 Å². The van der Waals surface area contributed by atoms with Crippen LogP contribution >= 0.6 is 0 Å². The smallest absolute Gasteiger partial charge is 0.158 e. The van der Waals surface area contributed by atoms with Crippen LogP contribution in [0.5, 0.6) is 5.75 Å². The van der Waals surface area contributed by atoms with Gasteiger partial charge in [0.05, 0.1) is 12.4 Å². The first-order valence-electron chi connectivity index (χ1n) is 7.89. The lowest BCUT2D eigenvalue weighted by molar-refractivity contribution is -0.0153. The van der Waals surface area contributed by atoms with Crippen molar-refractivity contribution in [3.05, 3.63) is 12.4 Å². The van der Waals surface area contributed by atoms with Crippen molar-refractivity contribution in [3.63, 3.8) is 0 Å². The molecule has 1 heterocycles. The second-order valence-electron chi connectivity index (χ2n) is 7.00. The monoisotopic (exact) mass is 279 g/mol. The number of nitrogens with zero attached hydrogens (tertiary/aromatic N) is 2. The van der Waals surface area contributed by atoms with E-state index in [2.05, 4.69) is 38.1 Å². The van der Waals surface area contributed by atoms with Gasteiger partial charge in [0, 0.05) is 12.1 Å². The lowest BCUT2D eigenvalue weighted by atomic mass is 9.77. The summed E-state index contributed by atoms with van der Waals surface area (Å²) in [4.78, 5) is 0. The molecule has 1 saturated carbocycles. The van der Waals surface area contributed by atoms with E-state index >= 15 is 0 Å². The van der Waals surface area contributed by atoms with Gasteiger partial charge in [-0.3, -0.25) is 4.68 Å². The Balaban J connectivity index is 1.87. The van der Waals surface area contributed by atoms with Gasteiger partial charge in [0.2, 0.25) is 0 Å². The Morgan fingerprint density at radius 1 is 1.40 bits per heavy atom. The minimum Gasteiger partial charge on any atom is -0.484 e. The molecular weight excluding hydrogens is 250 g/mol. The maximum Gasteiger partial charge on any atom is 0.158 e. The maximum atomic E-state index is 6.26. The Morgan fingerprint density at radius 3 is 2.70 bits per heavy atom. The molecule has 1 aromatic rings. The highest BCUT2D eigenvalue weighted by Gasteiger charge is 2.39. The topological polar surface area (TPSA) is 39.1 Å². The highest BCUT2D eigenvalue weighted by Crippen LogP contribution is 2.39. The fraction of sp³-hybridized carbons (Fsp3) is 0.812. The summed E-state index contributed by atoms with van der Waals surface area (Å²) in [5.41, 5.74) is 0.218. The van der Waals surface area contributed by atoms with Crippen molar-refractivity contribution in [3.8, 4) is 5.75 Å². The SMILES string of the molecule is CCCn1cc(OC2(CCNC(C)(C)C)CCC2)cn1.